The van der Waals surface area contributed by atoms with E-state index in [9.17, 15) is 4.79 Å². The highest BCUT2D eigenvalue weighted by Gasteiger charge is 2.10. The predicted octanol–water partition coefficient (Wildman–Crippen LogP) is 2.89. The van der Waals surface area contributed by atoms with Gasteiger partial charge in [-0.2, -0.15) is 0 Å². The molecular formula is C10H15BrN2OS. The number of aromatic nitrogens is 1. The van der Waals surface area contributed by atoms with Crippen LogP contribution in [0.25, 0.3) is 0 Å². The third-order valence-corrected chi connectivity index (χ3v) is 3.51. The second-order valence-electron chi connectivity index (χ2n) is 3.31. The number of hydrogen-bond acceptors (Lipinski definition) is 3. The van der Waals surface area contributed by atoms with Gasteiger partial charge in [-0.1, -0.05) is 15.9 Å². The molecule has 1 aromatic heterocycles. The van der Waals surface area contributed by atoms with Gasteiger partial charge in [0.2, 0.25) is 5.91 Å². The van der Waals surface area contributed by atoms with E-state index >= 15 is 0 Å². The molecule has 15 heavy (non-hydrogen) atoms. The molecule has 1 atom stereocenters. The van der Waals surface area contributed by atoms with Crippen LogP contribution in [0.3, 0.4) is 0 Å². The molecule has 0 bridgehead atoms. The number of thiazole rings is 1. The standard InChI is InChI=1S/C10H15BrN2OS/c1-8(10-12-6-7-15-10)13-9(14)4-2-3-5-11/h6-8H,2-5H2,1H3,(H,13,14). The van der Waals surface area contributed by atoms with E-state index in [1.165, 1.54) is 0 Å². The van der Waals surface area contributed by atoms with Crippen LogP contribution >= 0.6 is 27.3 Å². The van der Waals surface area contributed by atoms with Crippen LogP contribution in [0.15, 0.2) is 11.6 Å². The van der Waals surface area contributed by atoms with Crippen molar-refractivity contribution in [3.8, 4) is 0 Å². The van der Waals surface area contributed by atoms with Gasteiger partial charge >= 0.3 is 0 Å². The SMILES string of the molecule is CC(NC(=O)CCCCBr)c1nccs1. The molecular weight excluding hydrogens is 276 g/mol. The molecule has 0 aromatic carbocycles. The van der Waals surface area contributed by atoms with Gasteiger partial charge in [0.1, 0.15) is 5.01 Å². The molecule has 1 unspecified atom stereocenters. The number of alkyl halides is 1. The number of carbonyl (C=O) groups excluding carboxylic acids is 1. The summed E-state index contributed by atoms with van der Waals surface area (Å²) in [6.45, 7) is 1.96. The molecule has 0 saturated heterocycles. The van der Waals surface area contributed by atoms with Crippen molar-refractivity contribution >= 4 is 33.2 Å². The first-order valence-corrected chi connectivity index (χ1v) is 6.99. The number of unbranched alkanes of at least 4 members (excludes halogenated alkanes) is 1. The van der Waals surface area contributed by atoms with Crippen LogP contribution in [0.1, 0.15) is 37.2 Å². The highest BCUT2D eigenvalue weighted by Crippen LogP contribution is 2.14. The first-order chi connectivity index (χ1) is 7.24. The smallest absolute Gasteiger partial charge is 0.220 e. The molecule has 1 aromatic rings. The fraction of sp³-hybridized carbons (Fsp3) is 0.600. The van der Waals surface area contributed by atoms with Gasteiger partial charge in [-0.25, -0.2) is 4.98 Å². The summed E-state index contributed by atoms with van der Waals surface area (Å²) in [7, 11) is 0. The lowest BCUT2D eigenvalue weighted by Crippen LogP contribution is -2.26. The minimum atomic E-state index is 0.0291. The molecule has 1 N–H and O–H groups in total. The van der Waals surface area contributed by atoms with Gasteiger partial charge in [0.25, 0.3) is 0 Å². The minimum Gasteiger partial charge on any atom is -0.347 e. The van der Waals surface area contributed by atoms with Crippen LogP contribution in [-0.2, 0) is 4.79 Å². The van der Waals surface area contributed by atoms with Crippen LogP contribution in [0.5, 0.6) is 0 Å². The Labute approximate surface area is 102 Å². The Kier molecular flexibility index (Phi) is 5.86. The summed E-state index contributed by atoms with van der Waals surface area (Å²) < 4.78 is 0. The summed E-state index contributed by atoms with van der Waals surface area (Å²) >= 11 is 4.91. The van der Waals surface area contributed by atoms with E-state index in [4.69, 9.17) is 0 Å². The van der Waals surface area contributed by atoms with Crippen LogP contribution < -0.4 is 5.32 Å². The van der Waals surface area contributed by atoms with E-state index in [-0.39, 0.29) is 11.9 Å². The lowest BCUT2D eigenvalue weighted by atomic mass is 10.2. The fourth-order valence-electron chi connectivity index (χ4n) is 1.20. The van der Waals surface area contributed by atoms with Gasteiger partial charge in [-0.05, 0) is 19.8 Å². The summed E-state index contributed by atoms with van der Waals surface area (Å²) in [5.41, 5.74) is 0. The number of amides is 1. The summed E-state index contributed by atoms with van der Waals surface area (Å²) in [6, 6.07) is 0.0291. The van der Waals surface area contributed by atoms with Crippen molar-refractivity contribution in [1.29, 1.82) is 0 Å². The Balaban J connectivity index is 2.26. The molecule has 0 saturated carbocycles. The summed E-state index contributed by atoms with van der Waals surface area (Å²) in [6.07, 6.45) is 4.33. The average molecular weight is 291 g/mol. The number of nitrogens with zero attached hydrogens (tertiary/aromatic N) is 1. The van der Waals surface area contributed by atoms with Crippen molar-refractivity contribution in [2.24, 2.45) is 0 Å². The topological polar surface area (TPSA) is 42.0 Å². The molecule has 5 heteroatoms. The minimum absolute atomic E-state index is 0.0291. The Morgan fingerprint density at radius 1 is 1.67 bits per heavy atom. The Morgan fingerprint density at radius 3 is 3.07 bits per heavy atom. The van der Waals surface area contributed by atoms with Crippen molar-refractivity contribution in [3.63, 3.8) is 0 Å². The fourth-order valence-corrected chi connectivity index (χ4v) is 2.25. The van der Waals surface area contributed by atoms with Crippen LogP contribution in [0, 0.1) is 0 Å². The normalized spacial score (nSPS) is 12.4. The highest BCUT2D eigenvalue weighted by molar-refractivity contribution is 9.09. The van der Waals surface area contributed by atoms with Gasteiger partial charge in [0.15, 0.2) is 0 Å². The maximum Gasteiger partial charge on any atom is 0.220 e. The molecule has 1 heterocycles. The van der Waals surface area contributed by atoms with Crippen LogP contribution in [0.2, 0.25) is 0 Å². The monoisotopic (exact) mass is 290 g/mol. The molecule has 0 radical (unpaired) electrons. The zero-order valence-electron chi connectivity index (χ0n) is 8.70. The molecule has 84 valence electrons. The van der Waals surface area contributed by atoms with Crippen LogP contribution in [0.4, 0.5) is 0 Å². The number of rotatable bonds is 6. The number of nitrogens with one attached hydrogen (secondary N) is 1. The van der Waals surface area contributed by atoms with Crippen LogP contribution in [-0.4, -0.2) is 16.2 Å². The number of halogens is 1. The van der Waals surface area contributed by atoms with Crippen molar-refractivity contribution in [2.45, 2.75) is 32.2 Å². The Morgan fingerprint density at radius 2 is 2.47 bits per heavy atom. The van der Waals surface area contributed by atoms with E-state index < -0.39 is 0 Å². The molecule has 0 aliphatic carbocycles. The summed E-state index contributed by atoms with van der Waals surface area (Å²) in [5.74, 6) is 0.110. The maximum atomic E-state index is 11.5. The van der Waals surface area contributed by atoms with Gasteiger partial charge < -0.3 is 5.32 Å². The maximum absolute atomic E-state index is 11.5. The first kappa shape index (κ1) is 12.6. The van der Waals surface area contributed by atoms with Gasteiger partial charge in [0.05, 0.1) is 6.04 Å². The Bertz CT molecular complexity index is 290. The zero-order chi connectivity index (χ0) is 11.1. The third-order valence-electron chi connectivity index (χ3n) is 1.99. The van der Waals surface area contributed by atoms with Crippen molar-refractivity contribution < 1.29 is 4.79 Å². The lowest BCUT2D eigenvalue weighted by molar-refractivity contribution is -0.121. The molecule has 1 rings (SSSR count). The van der Waals surface area contributed by atoms with Gasteiger partial charge in [-0.3, -0.25) is 4.79 Å². The third kappa shape index (κ3) is 4.75. The largest absolute Gasteiger partial charge is 0.347 e. The van der Waals surface area contributed by atoms with Crippen molar-refractivity contribution in [1.82, 2.24) is 10.3 Å². The number of carbonyl (C=O) groups is 1. The first-order valence-electron chi connectivity index (χ1n) is 4.98. The zero-order valence-corrected chi connectivity index (χ0v) is 11.1. The second-order valence-corrected chi connectivity index (χ2v) is 5.02. The second kappa shape index (κ2) is 6.95. The molecule has 0 aliphatic rings. The Hall–Kier alpha value is -0.420. The van der Waals surface area contributed by atoms with E-state index in [0.717, 1.165) is 23.2 Å². The van der Waals surface area contributed by atoms with Crippen molar-refractivity contribution in [2.75, 3.05) is 5.33 Å². The number of hydrogen-bond donors (Lipinski definition) is 1. The van der Waals surface area contributed by atoms with E-state index in [1.54, 1.807) is 17.5 Å². The summed E-state index contributed by atoms with van der Waals surface area (Å²) in [5, 5.41) is 6.78. The highest BCUT2D eigenvalue weighted by atomic mass is 79.9. The molecule has 0 aliphatic heterocycles. The van der Waals surface area contributed by atoms with Gasteiger partial charge in [-0.15, -0.1) is 11.3 Å². The van der Waals surface area contributed by atoms with Crippen molar-refractivity contribution in [3.05, 3.63) is 16.6 Å². The average Bonchev–Trinajstić information content (AvgIpc) is 2.70. The molecule has 3 nitrogen and oxygen atoms in total. The predicted molar refractivity (Wildman–Crippen MR) is 66.3 cm³/mol. The van der Waals surface area contributed by atoms with E-state index in [1.807, 2.05) is 12.3 Å². The van der Waals surface area contributed by atoms with E-state index in [0.29, 0.717) is 6.42 Å². The molecule has 0 fully saturated rings. The molecule has 0 spiro atoms. The molecule has 1 amide bonds. The van der Waals surface area contributed by atoms with Gasteiger partial charge in [0, 0.05) is 23.3 Å². The lowest BCUT2D eigenvalue weighted by Gasteiger charge is -2.10. The quantitative estimate of drug-likeness (QED) is 0.647. The van der Waals surface area contributed by atoms with E-state index in [2.05, 4.69) is 26.2 Å². The summed E-state index contributed by atoms with van der Waals surface area (Å²) in [4.78, 5) is 15.6.